The monoisotopic (exact) mass is 303 g/mol. The van der Waals surface area contributed by atoms with Gasteiger partial charge in [-0.1, -0.05) is 6.42 Å². The van der Waals surface area contributed by atoms with Crippen molar-refractivity contribution >= 4 is 21.6 Å². The zero-order valence-electron chi connectivity index (χ0n) is 10.7. The molecule has 1 saturated carbocycles. The summed E-state index contributed by atoms with van der Waals surface area (Å²) in [4.78, 5) is 0. The Kier molecular flexibility index (Phi) is 3.57. The first kappa shape index (κ1) is 13.4. The zero-order chi connectivity index (χ0) is 13.5. The number of nitrogens with zero attached hydrogens (tertiary/aromatic N) is 2. The van der Waals surface area contributed by atoms with Crippen molar-refractivity contribution in [2.24, 2.45) is 11.8 Å². The van der Waals surface area contributed by atoms with Gasteiger partial charge in [0, 0.05) is 18.7 Å². The SMILES string of the molecule is O=S(=O)(c1[nH]ncc1CCl)N1CC2CCCC(C2)C1. The third-order valence-corrected chi connectivity index (χ3v) is 6.37. The molecule has 19 heavy (non-hydrogen) atoms. The molecule has 1 aliphatic heterocycles. The maximum absolute atomic E-state index is 12.7. The van der Waals surface area contributed by atoms with Crippen LogP contribution in [0.15, 0.2) is 11.2 Å². The van der Waals surface area contributed by atoms with E-state index in [1.165, 1.54) is 19.0 Å². The lowest BCUT2D eigenvalue weighted by Gasteiger charge is -2.40. The fourth-order valence-corrected chi connectivity index (χ4v) is 5.31. The molecule has 2 fully saturated rings. The van der Waals surface area contributed by atoms with Gasteiger partial charge in [-0.2, -0.15) is 9.40 Å². The summed E-state index contributed by atoms with van der Waals surface area (Å²) in [6, 6.07) is 0. The molecule has 2 unspecified atom stereocenters. The minimum atomic E-state index is -3.47. The normalized spacial score (nSPS) is 28.5. The van der Waals surface area contributed by atoms with E-state index in [1.807, 2.05) is 0 Å². The highest BCUT2D eigenvalue weighted by Crippen LogP contribution is 2.36. The van der Waals surface area contributed by atoms with E-state index in [2.05, 4.69) is 10.2 Å². The van der Waals surface area contributed by atoms with Crippen molar-refractivity contribution in [2.45, 2.75) is 36.6 Å². The molecular weight excluding hydrogens is 286 g/mol. The first-order chi connectivity index (χ1) is 9.11. The van der Waals surface area contributed by atoms with Crippen LogP contribution in [0.2, 0.25) is 0 Å². The molecule has 0 amide bonds. The summed E-state index contributed by atoms with van der Waals surface area (Å²) in [5.41, 5.74) is 0.553. The summed E-state index contributed by atoms with van der Waals surface area (Å²) in [6.45, 7) is 1.28. The second-order valence-corrected chi connectivity index (χ2v) is 7.72. The van der Waals surface area contributed by atoms with Crippen molar-refractivity contribution in [3.63, 3.8) is 0 Å². The molecule has 2 heterocycles. The van der Waals surface area contributed by atoms with Crippen LogP contribution in [-0.2, 0) is 15.9 Å². The Balaban J connectivity index is 1.88. The van der Waals surface area contributed by atoms with Crippen LogP contribution in [0.5, 0.6) is 0 Å². The minimum Gasteiger partial charge on any atom is -0.266 e. The van der Waals surface area contributed by atoms with Crippen molar-refractivity contribution in [3.8, 4) is 0 Å². The third kappa shape index (κ3) is 2.41. The smallest absolute Gasteiger partial charge is 0.260 e. The summed E-state index contributed by atoms with van der Waals surface area (Å²) >= 11 is 5.77. The Morgan fingerprint density at radius 2 is 2.05 bits per heavy atom. The second kappa shape index (κ2) is 5.07. The summed E-state index contributed by atoms with van der Waals surface area (Å²) in [5, 5.41) is 6.58. The highest BCUT2D eigenvalue weighted by molar-refractivity contribution is 7.89. The number of nitrogens with one attached hydrogen (secondary N) is 1. The highest BCUT2D eigenvalue weighted by atomic mass is 35.5. The van der Waals surface area contributed by atoms with Crippen molar-refractivity contribution in [1.29, 1.82) is 0 Å². The first-order valence-corrected chi connectivity index (χ1v) is 8.67. The summed E-state index contributed by atoms with van der Waals surface area (Å²) in [7, 11) is -3.47. The average Bonchev–Trinajstić information content (AvgIpc) is 2.87. The topological polar surface area (TPSA) is 66.1 Å². The van der Waals surface area contributed by atoms with Gasteiger partial charge in [-0.05, 0) is 31.1 Å². The van der Waals surface area contributed by atoms with Gasteiger partial charge in [0.25, 0.3) is 10.0 Å². The van der Waals surface area contributed by atoms with E-state index < -0.39 is 10.0 Å². The molecular formula is C12H18ClN3O2S. The number of alkyl halides is 1. The Hall–Kier alpha value is -0.590. The first-order valence-electron chi connectivity index (χ1n) is 6.69. The lowest BCUT2D eigenvalue weighted by molar-refractivity contribution is 0.144. The van der Waals surface area contributed by atoms with Gasteiger partial charge >= 0.3 is 0 Å². The number of hydrogen-bond donors (Lipinski definition) is 1. The van der Waals surface area contributed by atoms with Gasteiger partial charge in [0.2, 0.25) is 0 Å². The third-order valence-electron chi connectivity index (χ3n) is 4.24. The number of hydrogen-bond acceptors (Lipinski definition) is 3. The summed E-state index contributed by atoms with van der Waals surface area (Å²) in [5.74, 6) is 1.19. The van der Waals surface area contributed by atoms with Crippen molar-refractivity contribution in [1.82, 2.24) is 14.5 Å². The van der Waals surface area contributed by atoms with Gasteiger partial charge in [-0.3, -0.25) is 5.10 Å². The number of piperidine rings is 1. The molecule has 7 heteroatoms. The number of aromatic amines is 1. The number of H-pyrrole nitrogens is 1. The van der Waals surface area contributed by atoms with Gasteiger partial charge in [-0.25, -0.2) is 8.42 Å². The van der Waals surface area contributed by atoms with Crippen LogP contribution in [0.1, 0.15) is 31.2 Å². The van der Waals surface area contributed by atoms with Gasteiger partial charge in [0.15, 0.2) is 5.03 Å². The highest BCUT2D eigenvalue weighted by Gasteiger charge is 2.38. The van der Waals surface area contributed by atoms with Crippen LogP contribution in [0, 0.1) is 11.8 Å². The minimum absolute atomic E-state index is 0.158. The fourth-order valence-electron chi connectivity index (χ4n) is 3.33. The molecule has 0 radical (unpaired) electrons. The van der Waals surface area contributed by atoms with E-state index in [0.29, 0.717) is 30.5 Å². The van der Waals surface area contributed by atoms with E-state index in [4.69, 9.17) is 11.6 Å². The molecule has 2 bridgehead atoms. The van der Waals surface area contributed by atoms with Crippen LogP contribution in [0.25, 0.3) is 0 Å². The molecule has 0 spiro atoms. The molecule has 3 rings (SSSR count). The van der Waals surface area contributed by atoms with Crippen LogP contribution in [-0.4, -0.2) is 36.0 Å². The predicted molar refractivity (Wildman–Crippen MR) is 72.4 cm³/mol. The molecule has 1 N–H and O–H groups in total. The van der Waals surface area contributed by atoms with Crippen LogP contribution >= 0.6 is 11.6 Å². The maximum atomic E-state index is 12.7. The molecule has 2 aliphatic rings. The van der Waals surface area contributed by atoms with Crippen LogP contribution < -0.4 is 0 Å². The van der Waals surface area contributed by atoms with E-state index in [9.17, 15) is 8.42 Å². The van der Waals surface area contributed by atoms with E-state index in [-0.39, 0.29) is 10.9 Å². The van der Waals surface area contributed by atoms with Gasteiger partial charge in [-0.15, -0.1) is 11.6 Å². The van der Waals surface area contributed by atoms with Crippen LogP contribution in [0.4, 0.5) is 0 Å². The molecule has 1 aromatic rings. The largest absolute Gasteiger partial charge is 0.266 e. The van der Waals surface area contributed by atoms with Crippen molar-refractivity contribution in [2.75, 3.05) is 13.1 Å². The number of aromatic nitrogens is 2. The van der Waals surface area contributed by atoms with Gasteiger partial charge < -0.3 is 0 Å². The zero-order valence-corrected chi connectivity index (χ0v) is 12.3. The number of halogens is 1. The fraction of sp³-hybridized carbons (Fsp3) is 0.750. The molecule has 106 valence electrons. The van der Waals surface area contributed by atoms with Gasteiger partial charge in [0.1, 0.15) is 0 Å². The molecule has 1 aliphatic carbocycles. The number of sulfonamides is 1. The molecule has 2 atom stereocenters. The standard InChI is InChI=1S/C12H18ClN3O2S/c13-5-11-6-14-15-12(11)19(17,18)16-7-9-2-1-3-10(4-9)8-16/h6,9-10H,1-5,7-8H2,(H,14,15). The quantitative estimate of drug-likeness (QED) is 0.868. The van der Waals surface area contributed by atoms with Gasteiger partial charge in [0.05, 0.1) is 12.1 Å². The lowest BCUT2D eigenvalue weighted by atomic mass is 9.79. The Morgan fingerprint density at radius 1 is 1.37 bits per heavy atom. The summed E-state index contributed by atoms with van der Waals surface area (Å²) < 4.78 is 26.9. The van der Waals surface area contributed by atoms with Crippen molar-refractivity contribution in [3.05, 3.63) is 11.8 Å². The maximum Gasteiger partial charge on any atom is 0.260 e. The van der Waals surface area contributed by atoms with Crippen molar-refractivity contribution < 1.29 is 8.42 Å². The lowest BCUT2D eigenvalue weighted by Crippen LogP contribution is -2.45. The predicted octanol–water partition coefficient (Wildman–Crippen LogP) is 1.96. The Bertz CT molecular complexity index is 545. The Morgan fingerprint density at radius 3 is 2.68 bits per heavy atom. The molecule has 1 saturated heterocycles. The van der Waals surface area contributed by atoms with Crippen LogP contribution in [0.3, 0.4) is 0 Å². The number of rotatable bonds is 3. The van der Waals surface area contributed by atoms with E-state index in [0.717, 1.165) is 12.8 Å². The average molecular weight is 304 g/mol. The van der Waals surface area contributed by atoms with E-state index in [1.54, 1.807) is 4.31 Å². The molecule has 0 aromatic carbocycles. The summed E-state index contributed by atoms with van der Waals surface area (Å²) in [6.07, 6.45) is 6.20. The molecule has 1 aromatic heterocycles. The number of fused-ring (bicyclic) bond motifs is 2. The molecule has 5 nitrogen and oxygen atoms in total. The van der Waals surface area contributed by atoms with E-state index >= 15 is 0 Å². The second-order valence-electron chi connectivity index (χ2n) is 5.58. The Labute approximate surface area is 118 Å².